The maximum Gasteiger partial charge on any atom is 0.0984 e. The average Bonchev–Trinajstić information content (AvgIpc) is 2.17. The predicted octanol–water partition coefficient (Wildman–Crippen LogP) is 0.236. The van der Waals surface area contributed by atoms with Crippen LogP contribution >= 0.6 is 11.3 Å². The maximum absolute atomic E-state index is 4.28. The van der Waals surface area contributed by atoms with E-state index in [0.29, 0.717) is 0 Å². The highest BCUT2D eigenvalue weighted by Gasteiger charge is 1.95. The third kappa shape index (κ3) is 1.77. The summed E-state index contributed by atoms with van der Waals surface area (Å²) >= 11 is 1.72. The number of quaternary nitrogens is 1. The van der Waals surface area contributed by atoms with E-state index in [0.717, 1.165) is 18.7 Å². The van der Waals surface area contributed by atoms with Gasteiger partial charge in [-0.25, -0.2) is 4.98 Å². The van der Waals surface area contributed by atoms with Crippen molar-refractivity contribution in [1.29, 1.82) is 0 Å². The lowest BCUT2D eigenvalue weighted by Gasteiger charge is -1.83. The number of rotatable bonds is 2. The van der Waals surface area contributed by atoms with Crippen molar-refractivity contribution in [3.05, 3.63) is 16.1 Å². The molecule has 9 heavy (non-hydrogen) atoms. The van der Waals surface area contributed by atoms with Crippen molar-refractivity contribution in [2.24, 2.45) is 0 Å². The Kier molecular flexibility index (Phi) is 2.19. The Labute approximate surface area is 58.7 Å². The number of thiazole rings is 1. The molecule has 0 aromatic carbocycles. The Bertz CT molecular complexity index is 183. The van der Waals surface area contributed by atoms with Crippen LogP contribution in [-0.4, -0.2) is 11.5 Å². The lowest BCUT2D eigenvalue weighted by Crippen LogP contribution is -2.51. The number of hydrogen-bond acceptors (Lipinski definition) is 2. The number of nitrogens with zero attached hydrogens (tertiary/aromatic N) is 1. The van der Waals surface area contributed by atoms with Gasteiger partial charge in [-0.05, 0) is 6.92 Å². The van der Waals surface area contributed by atoms with Crippen molar-refractivity contribution in [1.82, 2.24) is 4.98 Å². The van der Waals surface area contributed by atoms with Crippen LogP contribution in [0.3, 0.4) is 0 Å². The first-order valence-electron chi connectivity index (χ1n) is 3.03. The first-order chi connectivity index (χ1) is 4.33. The van der Waals surface area contributed by atoms with Gasteiger partial charge < -0.3 is 5.73 Å². The van der Waals surface area contributed by atoms with Gasteiger partial charge in [-0.15, -0.1) is 11.3 Å². The van der Waals surface area contributed by atoms with E-state index < -0.39 is 0 Å². The molecular weight excluding hydrogens is 132 g/mol. The smallest absolute Gasteiger partial charge is 0.0984 e. The Morgan fingerprint density at radius 2 is 2.56 bits per heavy atom. The first kappa shape index (κ1) is 6.71. The second kappa shape index (κ2) is 2.94. The van der Waals surface area contributed by atoms with Crippen LogP contribution in [0.4, 0.5) is 0 Å². The standard InChI is InChI=1S/C6H10N2S/c1-5-4-9-6(8-5)2-3-7/h4H,2-3,7H2,1H3/p+1. The van der Waals surface area contributed by atoms with Crippen LogP contribution in [-0.2, 0) is 6.42 Å². The van der Waals surface area contributed by atoms with E-state index in [9.17, 15) is 0 Å². The molecule has 3 heteroatoms. The van der Waals surface area contributed by atoms with E-state index in [1.807, 2.05) is 6.92 Å². The summed E-state index contributed by atoms with van der Waals surface area (Å²) in [4.78, 5) is 4.28. The minimum absolute atomic E-state index is 0.951. The molecule has 0 aliphatic heterocycles. The van der Waals surface area contributed by atoms with Crippen LogP contribution in [0.25, 0.3) is 0 Å². The summed E-state index contributed by atoms with van der Waals surface area (Å²) in [6, 6.07) is 0. The molecule has 1 aromatic rings. The van der Waals surface area contributed by atoms with Crippen molar-refractivity contribution in [3.8, 4) is 0 Å². The second-order valence-corrected chi connectivity index (χ2v) is 2.93. The molecule has 1 rings (SSSR count). The molecule has 0 radical (unpaired) electrons. The Balaban J connectivity index is 2.61. The van der Waals surface area contributed by atoms with E-state index in [-0.39, 0.29) is 0 Å². The first-order valence-corrected chi connectivity index (χ1v) is 3.91. The molecule has 0 saturated carbocycles. The van der Waals surface area contributed by atoms with Crippen molar-refractivity contribution < 1.29 is 5.73 Å². The van der Waals surface area contributed by atoms with Crippen molar-refractivity contribution in [2.75, 3.05) is 6.54 Å². The van der Waals surface area contributed by atoms with Crippen molar-refractivity contribution >= 4 is 11.3 Å². The molecular formula is C6H11N2S+. The van der Waals surface area contributed by atoms with Gasteiger partial charge in [-0.1, -0.05) is 0 Å². The van der Waals surface area contributed by atoms with Crippen LogP contribution in [0.1, 0.15) is 10.7 Å². The predicted molar refractivity (Wildman–Crippen MR) is 38.3 cm³/mol. The zero-order valence-corrected chi connectivity index (χ0v) is 6.37. The fraction of sp³-hybridized carbons (Fsp3) is 0.500. The van der Waals surface area contributed by atoms with Crippen LogP contribution in [0.5, 0.6) is 0 Å². The summed E-state index contributed by atoms with van der Waals surface area (Å²) < 4.78 is 0. The highest BCUT2D eigenvalue weighted by molar-refractivity contribution is 7.09. The van der Waals surface area contributed by atoms with Gasteiger partial charge in [0.25, 0.3) is 0 Å². The lowest BCUT2D eigenvalue weighted by atomic mass is 10.4. The molecule has 0 aliphatic rings. The fourth-order valence-corrected chi connectivity index (χ4v) is 1.49. The summed E-state index contributed by atoms with van der Waals surface area (Å²) in [5.74, 6) is 0. The minimum Gasteiger partial charge on any atom is -0.357 e. The molecule has 50 valence electrons. The van der Waals surface area contributed by atoms with Crippen LogP contribution in [0.2, 0.25) is 0 Å². The molecule has 2 nitrogen and oxygen atoms in total. The lowest BCUT2D eigenvalue weighted by molar-refractivity contribution is -0.366. The van der Waals surface area contributed by atoms with E-state index in [4.69, 9.17) is 0 Å². The van der Waals surface area contributed by atoms with Crippen molar-refractivity contribution in [2.45, 2.75) is 13.3 Å². The minimum atomic E-state index is 0.951. The molecule has 0 saturated heterocycles. The molecule has 0 atom stereocenters. The van der Waals surface area contributed by atoms with Gasteiger partial charge in [0.2, 0.25) is 0 Å². The summed E-state index contributed by atoms with van der Waals surface area (Å²) in [7, 11) is 0. The molecule has 1 aromatic heterocycles. The van der Waals surface area contributed by atoms with E-state index in [1.54, 1.807) is 11.3 Å². The van der Waals surface area contributed by atoms with E-state index in [1.165, 1.54) is 5.01 Å². The average molecular weight is 143 g/mol. The van der Waals surface area contributed by atoms with Gasteiger partial charge in [0.1, 0.15) is 0 Å². The number of aromatic nitrogens is 1. The molecule has 0 unspecified atom stereocenters. The Hall–Kier alpha value is -0.410. The monoisotopic (exact) mass is 143 g/mol. The van der Waals surface area contributed by atoms with Crippen LogP contribution in [0, 0.1) is 6.92 Å². The molecule has 3 N–H and O–H groups in total. The summed E-state index contributed by atoms with van der Waals surface area (Å²) in [5.41, 5.74) is 4.89. The van der Waals surface area contributed by atoms with Gasteiger partial charge in [0.15, 0.2) is 0 Å². The third-order valence-corrected chi connectivity index (χ3v) is 2.08. The van der Waals surface area contributed by atoms with E-state index in [2.05, 4.69) is 16.1 Å². The van der Waals surface area contributed by atoms with Crippen molar-refractivity contribution in [3.63, 3.8) is 0 Å². The topological polar surface area (TPSA) is 40.5 Å². The summed E-state index contributed by atoms with van der Waals surface area (Å²) in [5, 5.41) is 3.29. The molecule has 1 heterocycles. The third-order valence-electron chi connectivity index (χ3n) is 1.06. The van der Waals surface area contributed by atoms with Crippen LogP contribution < -0.4 is 5.73 Å². The summed E-state index contributed by atoms with van der Waals surface area (Å²) in [6.07, 6.45) is 1.03. The number of aryl methyl sites for hydroxylation is 1. The SMILES string of the molecule is Cc1csc(CC[NH3+])n1. The summed E-state index contributed by atoms with van der Waals surface area (Å²) in [6.45, 7) is 2.97. The Morgan fingerprint density at radius 1 is 1.78 bits per heavy atom. The fourth-order valence-electron chi connectivity index (χ4n) is 0.669. The second-order valence-electron chi connectivity index (χ2n) is 1.99. The zero-order chi connectivity index (χ0) is 6.69. The van der Waals surface area contributed by atoms with Crippen LogP contribution in [0.15, 0.2) is 5.38 Å². The zero-order valence-electron chi connectivity index (χ0n) is 5.55. The molecule has 0 fully saturated rings. The normalized spacial score (nSPS) is 10.0. The maximum atomic E-state index is 4.28. The number of hydrogen-bond donors (Lipinski definition) is 1. The molecule has 0 spiro atoms. The van der Waals surface area contributed by atoms with Gasteiger partial charge >= 0.3 is 0 Å². The van der Waals surface area contributed by atoms with Gasteiger partial charge in [0, 0.05) is 17.5 Å². The molecule has 0 bridgehead atoms. The highest BCUT2D eigenvalue weighted by atomic mass is 32.1. The Morgan fingerprint density at radius 3 is 3.00 bits per heavy atom. The largest absolute Gasteiger partial charge is 0.357 e. The highest BCUT2D eigenvalue weighted by Crippen LogP contribution is 2.07. The molecule has 0 amide bonds. The quantitative estimate of drug-likeness (QED) is 0.633. The van der Waals surface area contributed by atoms with Gasteiger partial charge in [-0.3, -0.25) is 0 Å². The van der Waals surface area contributed by atoms with E-state index >= 15 is 0 Å². The molecule has 0 aliphatic carbocycles. The van der Waals surface area contributed by atoms with Gasteiger partial charge in [0.05, 0.1) is 11.6 Å². The van der Waals surface area contributed by atoms with Gasteiger partial charge in [-0.2, -0.15) is 0 Å².